The Morgan fingerprint density at radius 3 is 2.82 bits per heavy atom. The van der Waals surface area contributed by atoms with Crippen LogP contribution in [0.25, 0.3) is 6.08 Å². The molecule has 0 aromatic heterocycles. The second kappa shape index (κ2) is 3.49. The average molecular weight is 144 g/mol. The molecule has 2 nitrogen and oxygen atoms in total. The van der Waals surface area contributed by atoms with Crippen LogP contribution in [-0.4, -0.2) is 6.01 Å². The molecule has 0 amide bonds. The van der Waals surface area contributed by atoms with Crippen molar-refractivity contribution < 1.29 is 0 Å². The molecule has 54 valence electrons. The number of nitrogens with one attached hydrogen (secondary N) is 1. The molecule has 1 aromatic carbocycles. The Bertz CT molecular complexity index is 309. The van der Waals surface area contributed by atoms with E-state index in [9.17, 15) is 0 Å². The minimum atomic E-state index is 0.734. The van der Waals surface area contributed by atoms with Gasteiger partial charge in [-0.3, -0.25) is 0 Å². The smallest absolute Gasteiger partial charge is 0.0918 e. The molecule has 0 saturated carbocycles. The lowest BCUT2D eigenvalue weighted by Crippen LogP contribution is -1.70. The summed E-state index contributed by atoms with van der Waals surface area (Å²) in [6, 6.07) is 9.46. The lowest BCUT2D eigenvalue weighted by molar-refractivity contribution is 1.47. The molecule has 1 rings (SSSR count). The van der Waals surface area contributed by atoms with Crippen molar-refractivity contribution in [1.29, 1.82) is 5.41 Å². The van der Waals surface area contributed by atoms with Crippen LogP contribution in [0.4, 0.5) is 5.69 Å². The van der Waals surface area contributed by atoms with Crippen molar-refractivity contribution >= 4 is 17.8 Å². The lowest BCUT2D eigenvalue weighted by atomic mass is 10.2. The van der Waals surface area contributed by atoms with Gasteiger partial charge >= 0.3 is 0 Å². The maximum absolute atomic E-state index is 6.66. The Morgan fingerprint density at radius 1 is 1.45 bits per heavy atom. The van der Waals surface area contributed by atoms with Gasteiger partial charge in [0.25, 0.3) is 0 Å². The van der Waals surface area contributed by atoms with Gasteiger partial charge in [-0.05, 0) is 6.07 Å². The quantitative estimate of drug-likeness (QED) is 0.619. The van der Waals surface area contributed by atoms with Gasteiger partial charge in [-0.1, -0.05) is 30.9 Å². The molecule has 0 saturated heterocycles. The van der Waals surface area contributed by atoms with E-state index in [1.54, 1.807) is 6.08 Å². The summed E-state index contributed by atoms with van der Waals surface area (Å²) in [5, 5.41) is 6.66. The van der Waals surface area contributed by atoms with Gasteiger partial charge in [0.15, 0.2) is 0 Å². The van der Waals surface area contributed by atoms with Gasteiger partial charge in [-0.2, -0.15) is 4.99 Å². The molecule has 1 aromatic rings. The Kier molecular flexibility index (Phi) is 2.37. The Morgan fingerprint density at radius 2 is 2.18 bits per heavy atom. The fourth-order valence-corrected chi connectivity index (χ4v) is 0.822. The van der Waals surface area contributed by atoms with Crippen molar-refractivity contribution in [2.45, 2.75) is 0 Å². The molecule has 0 radical (unpaired) electrons. The predicted molar refractivity (Wildman–Crippen MR) is 46.3 cm³/mol. The lowest BCUT2D eigenvalue weighted by Gasteiger charge is -1.94. The van der Waals surface area contributed by atoms with E-state index in [4.69, 9.17) is 5.41 Å². The first-order chi connectivity index (χ1) is 5.38. The van der Waals surface area contributed by atoms with Crippen LogP contribution in [0.3, 0.4) is 0 Å². The molecular weight excluding hydrogens is 136 g/mol. The van der Waals surface area contributed by atoms with Gasteiger partial charge in [0.2, 0.25) is 0 Å². The number of nitrogens with zero attached hydrogens (tertiary/aromatic N) is 1. The molecule has 0 unspecified atom stereocenters. The van der Waals surface area contributed by atoms with Gasteiger partial charge in [0.1, 0.15) is 0 Å². The number of hydrogen-bond donors (Lipinski definition) is 1. The SMILES string of the molecule is C=Cc1ccccc1N=C=N. The van der Waals surface area contributed by atoms with Crippen LogP contribution in [0.1, 0.15) is 5.56 Å². The summed E-state index contributed by atoms with van der Waals surface area (Å²) in [6.45, 7) is 3.62. The van der Waals surface area contributed by atoms with E-state index in [0.717, 1.165) is 11.3 Å². The van der Waals surface area contributed by atoms with Crippen LogP contribution in [0.15, 0.2) is 35.8 Å². The van der Waals surface area contributed by atoms with E-state index >= 15 is 0 Å². The largest absolute Gasteiger partial charge is 0.241 e. The van der Waals surface area contributed by atoms with E-state index < -0.39 is 0 Å². The molecule has 0 atom stereocenters. The zero-order valence-electron chi connectivity index (χ0n) is 6.04. The second-order valence-electron chi connectivity index (χ2n) is 1.99. The summed E-state index contributed by atoms with van der Waals surface area (Å²) >= 11 is 0. The highest BCUT2D eigenvalue weighted by atomic mass is 14.7. The first-order valence-corrected chi connectivity index (χ1v) is 3.22. The van der Waals surface area contributed by atoms with Gasteiger partial charge in [-0.25, -0.2) is 5.41 Å². The Balaban J connectivity index is 3.21. The maximum Gasteiger partial charge on any atom is 0.0918 e. The average Bonchev–Trinajstić information content (AvgIpc) is 2.06. The summed E-state index contributed by atoms with van der Waals surface area (Å²) in [5.41, 5.74) is 1.66. The highest BCUT2D eigenvalue weighted by Crippen LogP contribution is 2.18. The van der Waals surface area contributed by atoms with Gasteiger partial charge in [0.05, 0.1) is 11.7 Å². The minimum absolute atomic E-state index is 0.734. The fraction of sp³-hybridized carbons (Fsp3) is 0. The van der Waals surface area contributed by atoms with E-state index in [0.29, 0.717) is 0 Å². The van der Waals surface area contributed by atoms with Gasteiger partial charge < -0.3 is 0 Å². The number of para-hydroxylation sites is 1. The third-order valence-corrected chi connectivity index (χ3v) is 1.33. The number of hydrogen-bond acceptors (Lipinski definition) is 2. The summed E-state index contributed by atoms with van der Waals surface area (Å²) in [5.74, 6) is 0. The van der Waals surface area contributed by atoms with Crippen molar-refractivity contribution in [3.05, 3.63) is 36.4 Å². The Hall–Kier alpha value is -1.66. The van der Waals surface area contributed by atoms with Crippen LogP contribution in [0.5, 0.6) is 0 Å². The van der Waals surface area contributed by atoms with Crippen molar-refractivity contribution in [3.8, 4) is 0 Å². The van der Waals surface area contributed by atoms with Crippen molar-refractivity contribution in [1.82, 2.24) is 0 Å². The molecule has 0 aliphatic heterocycles. The van der Waals surface area contributed by atoms with E-state index in [1.807, 2.05) is 30.3 Å². The van der Waals surface area contributed by atoms with E-state index in [1.165, 1.54) is 0 Å². The summed E-state index contributed by atoms with van der Waals surface area (Å²) < 4.78 is 0. The molecule has 0 fully saturated rings. The molecule has 11 heavy (non-hydrogen) atoms. The standard InChI is InChI=1S/C9H8N2/c1-2-8-5-3-4-6-9(8)11-7-10/h2-6,10H,1H2. The first kappa shape index (κ1) is 7.45. The number of rotatable bonds is 2. The summed E-state index contributed by atoms with van der Waals surface area (Å²) in [7, 11) is 0. The maximum atomic E-state index is 6.66. The third kappa shape index (κ3) is 1.63. The molecule has 0 aliphatic carbocycles. The topological polar surface area (TPSA) is 36.2 Å². The molecule has 1 N–H and O–H groups in total. The van der Waals surface area contributed by atoms with Crippen LogP contribution < -0.4 is 0 Å². The second-order valence-corrected chi connectivity index (χ2v) is 1.99. The van der Waals surface area contributed by atoms with Crippen molar-refractivity contribution in [3.63, 3.8) is 0 Å². The minimum Gasteiger partial charge on any atom is -0.241 e. The normalized spacial score (nSPS) is 8.36. The molecule has 0 heterocycles. The van der Waals surface area contributed by atoms with Crippen molar-refractivity contribution in [2.24, 2.45) is 4.99 Å². The molecule has 0 bridgehead atoms. The number of benzene rings is 1. The highest BCUT2D eigenvalue weighted by Gasteiger charge is 1.92. The molecule has 2 heteroatoms. The summed E-state index contributed by atoms with van der Waals surface area (Å²) in [4.78, 5) is 3.72. The third-order valence-electron chi connectivity index (χ3n) is 1.33. The zero-order chi connectivity index (χ0) is 8.10. The van der Waals surface area contributed by atoms with E-state index in [2.05, 4.69) is 11.6 Å². The molecule has 0 aliphatic rings. The fourth-order valence-electron chi connectivity index (χ4n) is 0.822. The molecule has 0 spiro atoms. The van der Waals surface area contributed by atoms with Crippen molar-refractivity contribution in [2.75, 3.05) is 0 Å². The first-order valence-electron chi connectivity index (χ1n) is 3.22. The monoisotopic (exact) mass is 144 g/mol. The van der Waals surface area contributed by atoms with E-state index in [-0.39, 0.29) is 0 Å². The highest BCUT2D eigenvalue weighted by molar-refractivity contribution is 5.65. The van der Waals surface area contributed by atoms with Crippen LogP contribution >= 0.6 is 0 Å². The van der Waals surface area contributed by atoms with Crippen LogP contribution in [0, 0.1) is 5.41 Å². The van der Waals surface area contributed by atoms with Gasteiger partial charge in [0, 0.05) is 5.56 Å². The van der Waals surface area contributed by atoms with Crippen LogP contribution in [0.2, 0.25) is 0 Å². The van der Waals surface area contributed by atoms with Gasteiger partial charge in [-0.15, -0.1) is 0 Å². The summed E-state index contributed by atoms with van der Waals surface area (Å²) in [6.07, 6.45) is 1.70. The zero-order valence-corrected chi connectivity index (χ0v) is 6.04. The number of aliphatic imine (C=N–C) groups is 1. The molecular formula is C9H8N2. The predicted octanol–water partition coefficient (Wildman–Crippen LogP) is 2.71. The Labute approximate surface area is 65.4 Å². The van der Waals surface area contributed by atoms with Crippen LogP contribution in [-0.2, 0) is 0 Å².